The summed E-state index contributed by atoms with van der Waals surface area (Å²) in [6.07, 6.45) is 5.15. The molecule has 0 fully saturated rings. The van der Waals surface area contributed by atoms with Gasteiger partial charge in [-0.25, -0.2) is 13.4 Å². The van der Waals surface area contributed by atoms with Gasteiger partial charge in [-0.3, -0.25) is 0 Å². The van der Waals surface area contributed by atoms with Crippen LogP contribution >= 0.6 is 0 Å². The summed E-state index contributed by atoms with van der Waals surface area (Å²) < 4.78 is 25.8. The minimum atomic E-state index is -3.10. The van der Waals surface area contributed by atoms with E-state index in [1.807, 2.05) is 28.8 Å². The van der Waals surface area contributed by atoms with Crippen LogP contribution in [-0.2, 0) is 15.6 Å². The van der Waals surface area contributed by atoms with Crippen molar-refractivity contribution in [3.63, 3.8) is 0 Å². The Morgan fingerprint density at radius 3 is 2.61 bits per heavy atom. The molecule has 0 aliphatic carbocycles. The number of benzene rings is 1. The van der Waals surface area contributed by atoms with E-state index in [1.165, 1.54) is 0 Å². The van der Waals surface area contributed by atoms with Crippen molar-refractivity contribution in [2.24, 2.45) is 0 Å². The molecule has 0 radical (unpaired) electrons. The summed E-state index contributed by atoms with van der Waals surface area (Å²) >= 11 is 0. The van der Waals surface area contributed by atoms with E-state index in [4.69, 9.17) is 0 Å². The van der Waals surface area contributed by atoms with E-state index in [9.17, 15) is 8.42 Å². The lowest BCUT2D eigenvalue weighted by Crippen LogP contribution is -2.17. The minimum Gasteiger partial charge on any atom is -0.306 e. The Hall–Kier alpha value is -1.62. The summed E-state index contributed by atoms with van der Waals surface area (Å²) in [7, 11) is -3.10. The van der Waals surface area contributed by atoms with E-state index in [1.54, 1.807) is 32.6 Å². The van der Waals surface area contributed by atoms with E-state index in [2.05, 4.69) is 4.98 Å². The van der Waals surface area contributed by atoms with Gasteiger partial charge >= 0.3 is 0 Å². The smallest absolute Gasteiger partial charge is 0.156 e. The number of para-hydroxylation sites is 1. The fourth-order valence-electron chi connectivity index (χ4n) is 1.67. The molecule has 0 unspecified atom stereocenters. The first-order valence-corrected chi connectivity index (χ1v) is 7.50. The summed E-state index contributed by atoms with van der Waals surface area (Å²) in [5, 5.41) is -0.367. The van der Waals surface area contributed by atoms with Gasteiger partial charge in [-0.1, -0.05) is 18.2 Å². The van der Waals surface area contributed by atoms with Gasteiger partial charge < -0.3 is 4.57 Å². The van der Waals surface area contributed by atoms with Crippen molar-refractivity contribution in [2.45, 2.75) is 24.9 Å². The predicted molar refractivity (Wildman–Crippen MR) is 71.3 cm³/mol. The monoisotopic (exact) mass is 264 g/mol. The Morgan fingerprint density at radius 2 is 2.00 bits per heavy atom. The molecule has 18 heavy (non-hydrogen) atoms. The zero-order valence-electron chi connectivity index (χ0n) is 10.4. The van der Waals surface area contributed by atoms with E-state index in [-0.39, 0.29) is 11.0 Å². The largest absolute Gasteiger partial charge is 0.306 e. The van der Waals surface area contributed by atoms with Gasteiger partial charge in [0.25, 0.3) is 0 Å². The standard InChI is InChI=1S/C13H16N2O2S/c1-11(2)18(16,17)9-12-5-3-4-6-13(12)15-8-7-14-10-15/h3-8,10-11H,9H2,1-2H3. The summed E-state index contributed by atoms with van der Waals surface area (Å²) in [6.45, 7) is 3.41. The second-order valence-corrected chi connectivity index (χ2v) is 7.01. The molecule has 0 spiro atoms. The van der Waals surface area contributed by atoms with E-state index >= 15 is 0 Å². The van der Waals surface area contributed by atoms with Gasteiger partial charge in [-0.15, -0.1) is 0 Å². The van der Waals surface area contributed by atoms with Crippen molar-refractivity contribution in [1.29, 1.82) is 0 Å². The molecule has 0 bridgehead atoms. The third kappa shape index (κ3) is 2.61. The van der Waals surface area contributed by atoms with Gasteiger partial charge in [0, 0.05) is 12.4 Å². The Balaban J connectivity index is 2.41. The first kappa shape index (κ1) is 12.8. The molecule has 2 rings (SSSR count). The average Bonchev–Trinajstić information content (AvgIpc) is 2.82. The number of imidazole rings is 1. The number of aromatic nitrogens is 2. The van der Waals surface area contributed by atoms with Crippen LogP contribution in [0.15, 0.2) is 43.0 Å². The first-order valence-electron chi connectivity index (χ1n) is 5.78. The molecule has 1 aromatic heterocycles. The molecule has 0 atom stereocenters. The number of rotatable bonds is 4. The van der Waals surface area contributed by atoms with Crippen LogP contribution in [0.2, 0.25) is 0 Å². The number of hydrogen-bond acceptors (Lipinski definition) is 3. The van der Waals surface area contributed by atoms with Crippen LogP contribution in [0, 0.1) is 0 Å². The fraction of sp³-hybridized carbons (Fsp3) is 0.308. The van der Waals surface area contributed by atoms with Crippen molar-refractivity contribution < 1.29 is 8.42 Å². The summed E-state index contributed by atoms with van der Waals surface area (Å²) in [5.41, 5.74) is 1.66. The molecule has 0 saturated heterocycles. The average molecular weight is 264 g/mol. The molecule has 0 amide bonds. The SMILES string of the molecule is CC(C)S(=O)(=O)Cc1ccccc1-n1ccnc1. The van der Waals surface area contributed by atoms with Crippen LogP contribution in [0.3, 0.4) is 0 Å². The quantitative estimate of drug-likeness (QED) is 0.850. The molecular formula is C13H16N2O2S. The van der Waals surface area contributed by atoms with Crippen LogP contribution < -0.4 is 0 Å². The molecule has 0 aliphatic heterocycles. The highest BCUT2D eigenvalue weighted by molar-refractivity contribution is 7.91. The Kier molecular flexibility index (Phi) is 3.52. The third-order valence-corrected chi connectivity index (χ3v) is 5.00. The first-order chi connectivity index (χ1) is 8.50. The predicted octanol–water partition coefficient (Wildman–Crippen LogP) is 2.20. The number of sulfone groups is 1. The normalized spacial score (nSPS) is 11.9. The van der Waals surface area contributed by atoms with Gasteiger partial charge in [0.15, 0.2) is 9.84 Å². The molecule has 4 nitrogen and oxygen atoms in total. The zero-order valence-corrected chi connectivity index (χ0v) is 11.3. The second kappa shape index (κ2) is 4.94. The van der Waals surface area contributed by atoms with E-state index in [0.29, 0.717) is 0 Å². The van der Waals surface area contributed by atoms with Crippen molar-refractivity contribution in [3.8, 4) is 5.69 Å². The number of hydrogen-bond donors (Lipinski definition) is 0. The van der Waals surface area contributed by atoms with Crippen LogP contribution in [0.25, 0.3) is 5.69 Å². The van der Waals surface area contributed by atoms with Crippen molar-refractivity contribution in [3.05, 3.63) is 48.5 Å². The highest BCUT2D eigenvalue weighted by atomic mass is 32.2. The Labute approximate surface area is 107 Å². The molecule has 0 N–H and O–H groups in total. The maximum atomic E-state index is 12.0. The molecule has 0 saturated carbocycles. The molecule has 0 aliphatic rings. The summed E-state index contributed by atoms with van der Waals surface area (Å²) in [6, 6.07) is 7.48. The topological polar surface area (TPSA) is 52.0 Å². The Morgan fingerprint density at radius 1 is 1.28 bits per heavy atom. The maximum absolute atomic E-state index is 12.0. The van der Waals surface area contributed by atoms with Crippen LogP contribution in [0.5, 0.6) is 0 Å². The summed E-state index contributed by atoms with van der Waals surface area (Å²) in [5.74, 6) is 0.0546. The van der Waals surface area contributed by atoms with E-state index in [0.717, 1.165) is 11.3 Å². The highest BCUT2D eigenvalue weighted by Crippen LogP contribution is 2.18. The lowest BCUT2D eigenvalue weighted by Gasteiger charge is -2.12. The Bertz CT molecular complexity index is 616. The molecular weight excluding hydrogens is 248 g/mol. The van der Waals surface area contributed by atoms with Gasteiger partial charge in [0.05, 0.1) is 23.0 Å². The summed E-state index contributed by atoms with van der Waals surface area (Å²) in [4.78, 5) is 3.98. The van der Waals surface area contributed by atoms with Crippen LogP contribution in [-0.4, -0.2) is 23.2 Å². The van der Waals surface area contributed by atoms with Crippen molar-refractivity contribution in [1.82, 2.24) is 9.55 Å². The lowest BCUT2D eigenvalue weighted by molar-refractivity contribution is 0.586. The third-order valence-electron chi connectivity index (χ3n) is 2.85. The van der Waals surface area contributed by atoms with Crippen LogP contribution in [0.4, 0.5) is 0 Å². The second-order valence-electron chi connectivity index (χ2n) is 4.45. The highest BCUT2D eigenvalue weighted by Gasteiger charge is 2.18. The van der Waals surface area contributed by atoms with Crippen molar-refractivity contribution in [2.75, 3.05) is 0 Å². The molecule has 2 aromatic rings. The van der Waals surface area contributed by atoms with Crippen LogP contribution in [0.1, 0.15) is 19.4 Å². The van der Waals surface area contributed by atoms with Gasteiger partial charge in [-0.05, 0) is 25.5 Å². The number of nitrogens with zero attached hydrogens (tertiary/aromatic N) is 2. The maximum Gasteiger partial charge on any atom is 0.156 e. The molecule has 5 heteroatoms. The zero-order chi connectivity index (χ0) is 13.2. The van der Waals surface area contributed by atoms with Gasteiger partial charge in [-0.2, -0.15) is 0 Å². The van der Waals surface area contributed by atoms with Crippen molar-refractivity contribution >= 4 is 9.84 Å². The molecule has 96 valence electrons. The van der Waals surface area contributed by atoms with E-state index < -0.39 is 9.84 Å². The minimum absolute atomic E-state index is 0.0546. The van der Waals surface area contributed by atoms with Gasteiger partial charge in [0.1, 0.15) is 0 Å². The molecule has 1 heterocycles. The fourth-order valence-corrected chi connectivity index (χ4v) is 2.68. The molecule has 1 aromatic carbocycles. The van der Waals surface area contributed by atoms with Gasteiger partial charge in [0.2, 0.25) is 0 Å². The lowest BCUT2D eigenvalue weighted by atomic mass is 10.2.